The lowest BCUT2D eigenvalue weighted by Crippen LogP contribution is -2.45. The third-order valence-electron chi connectivity index (χ3n) is 3.96. The number of rotatable bonds is 5. The van der Waals surface area contributed by atoms with Gasteiger partial charge in [-0.3, -0.25) is 0 Å². The quantitative estimate of drug-likeness (QED) is 0.836. The summed E-state index contributed by atoms with van der Waals surface area (Å²) in [5.74, 6) is 1.13. The topological polar surface area (TPSA) is 45.4 Å². The van der Waals surface area contributed by atoms with Gasteiger partial charge in [0.15, 0.2) is 0 Å². The molecule has 1 aromatic heterocycles. The molecular weight excluding hydrogens is 321 g/mol. The molecular formula is C16H19F3N4O. The van der Waals surface area contributed by atoms with Crippen molar-refractivity contribution in [3.63, 3.8) is 0 Å². The monoisotopic (exact) mass is 340 g/mol. The molecule has 0 fully saturated rings. The van der Waals surface area contributed by atoms with E-state index in [0.29, 0.717) is 37.0 Å². The van der Waals surface area contributed by atoms with Crippen LogP contribution in [0.5, 0.6) is 0 Å². The molecule has 0 N–H and O–H groups in total. The van der Waals surface area contributed by atoms with Crippen molar-refractivity contribution in [2.24, 2.45) is 0 Å². The molecule has 1 aliphatic heterocycles. The number of alkyl halides is 3. The number of benzene rings is 1. The Hall–Kier alpha value is -2.25. The zero-order valence-electron chi connectivity index (χ0n) is 13.4. The average Bonchev–Trinajstić information content (AvgIpc) is 2.93. The van der Waals surface area contributed by atoms with Gasteiger partial charge in [-0.05, 0) is 18.6 Å². The van der Waals surface area contributed by atoms with Crippen LogP contribution in [0, 0.1) is 6.92 Å². The maximum atomic E-state index is 12.7. The Morgan fingerprint density at radius 1 is 1.08 bits per heavy atom. The standard InChI is InChI=1S/C16H19F3N4O/c1-12-20-21-15(24-12)7-4-8-22-9-10-23(11-16(17,18)19)14-6-3-2-5-13(14)22/h2-3,5-6H,4,7-11H2,1H3. The van der Waals surface area contributed by atoms with Crippen molar-refractivity contribution in [3.8, 4) is 0 Å². The molecule has 0 saturated carbocycles. The number of nitrogens with zero attached hydrogens (tertiary/aromatic N) is 4. The van der Waals surface area contributed by atoms with Crippen molar-refractivity contribution in [1.82, 2.24) is 10.2 Å². The van der Waals surface area contributed by atoms with Crippen LogP contribution in [0.4, 0.5) is 24.5 Å². The van der Waals surface area contributed by atoms with Gasteiger partial charge in [0.1, 0.15) is 6.54 Å². The molecule has 0 spiro atoms. The van der Waals surface area contributed by atoms with Crippen molar-refractivity contribution < 1.29 is 17.6 Å². The summed E-state index contributed by atoms with van der Waals surface area (Å²) >= 11 is 0. The summed E-state index contributed by atoms with van der Waals surface area (Å²) in [6, 6.07) is 7.24. The fourth-order valence-corrected chi connectivity index (χ4v) is 2.95. The van der Waals surface area contributed by atoms with Gasteiger partial charge >= 0.3 is 6.18 Å². The zero-order chi connectivity index (χ0) is 17.2. The number of aryl methyl sites for hydroxylation is 2. The number of para-hydroxylation sites is 2. The molecule has 24 heavy (non-hydrogen) atoms. The lowest BCUT2D eigenvalue weighted by atomic mass is 10.1. The van der Waals surface area contributed by atoms with Gasteiger partial charge in [0.05, 0.1) is 11.4 Å². The lowest BCUT2D eigenvalue weighted by molar-refractivity contribution is -0.119. The summed E-state index contributed by atoms with van der Waals surface area (Å²) < 4.78 is 43.6. The van der Waals surface area contributed by atoms with Crippen LogP contribution in [-0.4, -0.2) is 42.6 Å². The number of anilines is 2. The largest absolute Gasteiger partial charge is 0.426 e. The van der Waals surface area contributed by atoms with Crippen molar-refractivity contribution in [1.29, 1.82) is 0 Å². The van der Waals surface area contributed by atoms with Crippen molar-refractivity contribution >= 4 is 11.4 Å². The summed E-state index contributed by atoms with van der Waals surface area (Å²) in [5.41, 5.74) is 1.48. The molecule has 0 saturated heterocycles. The predicted octanol–water partition coefficient (Wildman–Crippen LogP) is 3.20. The van der Waals surface area contributed by atoms with Crippen LogP contribution in [0.25, 0.3) is 0 Å². The van der Waals surface area contributed by atoms with Crippen LogP contribution in [0.1, 0.15) is 18.2 Å². The highest BCUT2D eigenvalue weighted by Gasteiger charge is 2.33. The van der Waals surface area contributed by atoms with Crippen LogP contribution in [0.15, 0.2) is 28.7 Å². The van der Waals surface area contributed by atoms with Crippen molar-refractivity contribution in [3.05, 3.63) is 36.0 Å². The normalized spacial score (nSPS) is 14.8. The lowest BCUT2D eigenvalue weighted by Gasteiger charge is -2.39. The Balaban J connectivity index is 1.65. The molecule has 1 aromatic carbocycles. The van der Waals surface area contributed by atoms with E-state index in [2.05, 4.69) is 15.1 Å². The van der Waals surface area contributed by atoms with E-state index in [4.69, 9.17) is 4.42 Å². The van der Waals surface area contributed by atoms with E-state index in [1.54, 1.807) is 19.1 Å². The minimum absolute atomic E-state index is 0.357. The van der Waals surface area contributed by atoms with Crippen LogP contribution in [0.3, 0.4) is 0 Å². The van der Waals surface area contributed by atoms with Gasteiger partial charge in [0, 0.05) is 33.0 Å². The molecule has 3 rings (SSSR count). The van der Waals surface area contributed by atoms with E-state index in [1.165, 1.54) is 4.90 Å². The molecule has 8 heteroatoms. The number of hydrogen-bond acceptors (Lipinski definition) is 5. The van der Waals surface area contributed by atoms with Gasteiger partial charge in [-0.15, -0.1) is 10.2 Å². The molecule has 2 heterocycles. The Labute approximate surface area is 138 Å². The van der Waals surface area contributed by atoms with E-state index in [-0.39, 0.29) is 0 Å². The predicted molar refractivity (Wildman–Crippen MR) is 84.3 cm³/mol. The second-order valence-electron chi connectivity index (χ2n) is 5.83. The van der Waals surface area contributed by atoms with E-state index >= 15 is 0 Å². The van der Waals surface area contributed by atoms with Crippen LogP contribution >= 0.6 is 0 Å². The van der Waals surface area contributed by atoms with Gasteiger partial charge in [-0.25, -0.2) is 0 Å². The van der Waals surface area contributed by atoms with Crippen LogP contribution in [-0.2, 0) is 6.42 Å². The number of hydrogen-bond donors (Lipinski definition) is 0. The van der Waals surface area contributed by atoms with E-state index in [1.807, 2.05) is 12.1 Å². The second-order valence-corrected chi connectivity index (χ2v) is 5.83. The third kappa shape index (κ3) is 3.98. The Morgan fingerprint density at radius 2 is 1.75 bits per heavy atom. The molecule has 130 valence electrons. The Bertz CT molecular complexity index is 686. The molecule has 2 aromatic rings. The van der Waals surface area contributed by atoms with Gasteiger partial charge in [0.2, 0.25) is 11.8 Å². The summed E-state index contributed by atoms with van der Waals surface area (Å²) in [4.78, 5) is 3.51. The minimum Gasteiger partial charge on any atom is -0.426 e. The maximum absolute atomic E-state index is 12.7. The van der Waals surface area contributed by atoms with Crippen molar-refractivity contribution in [2.45, 2.75) is 25.9 Å². The smallest absolute Gasteiger partial charge is 0.405 e. The number of halogens is 3. The van der Waals surface area contributed by atoms with E-state index in [0.717, 1.165) is 18.7 Å². The van der Waals surface area contributed by atoms with Gasteiger partial charge in [-0.1, -0.05) is 12.1 Å². The second kappa shape index (κ2) is 6.70. The summed E-state index contributed by atoms with van der Waals surface area (Å²) in [6.45, 7) is 2.48. The first kappa shape index (κ1) is 16.6. The van der Waals surface area contributed by atoms with Gasteiger partial charge < -0.3 is 14.2 Å². The molecule has 0 aliphatic carbocycles. The fraction of sp³-hybridized carbons (Fsp3) is 0.500. The Kier molecular flexibility index (Phi) is 4.64. The first-order valence-electron chi connectivity index (χ1n) is 7.87. The average molecular weight is 340 g/mol. The highest BCUT2D eigenvalue weighted by Crippen LogP contribution is 2.34. The molecule has 5 nitrogen and oxygen atoms in total. The highest BCUT2D eigenvalue weighted by molar-refractivity contribution is 5.73. The summed E-state index contributed by atoms with van der Waals surface area (Å²) in [5, 5.41) is 7.75. The molecule has 0 radical (unpaired) electrons. The number of aromatic nitrogens is 2. The summed E-state index contributed by atoms with van der Waals surface area (Å²) in [7, 11) is 0. The van der Waals surface area contributed by atoms with Gasteiger partial charge in [0.25, 0.3) is 0 Å². The Morgan fingerprint density at radius 3 is 2.38 bits per heavy atom. The zero-order valence-corrected chi connectivity index (χ0v) is 13.4. The SMILES string of the molecule is Cc1nnc(CCCN2CCN(CC(F)(F)F)c3ccccc32)o1. The minimum atomic E-state index is -4.20. The summed E-state index contributed by atoms with van der Waals surface area (Å²) in [6.07, 6.45) is -2.74. The van der Waals surface area contributed by atoms with Crippen LogP contribution < -0.4 is 9.80 Å². The molecule has 0 unspecified atom stereocenters. The fourth-order valence-electron chi connectivity index (χ4n) is 2.95. The van der Waals surface area contributed by atoms with E-state index in [9.17, 15) is 13.2 Å². The highest BCUT2D eigenvalue weighted by atomic mass is 19.4. The first-order valence-corrected chi connectivity index (χ1v) is 7.87. The van der Waals surface area contributed by atoms with Crippen LogP contribution in [0.2, 0.25) is 0 Å². The molecule has 0 bridgehead atoms. The molecule has 0 amide bonds. The van der Waals surface area contributed by atoms with E-state index < -0.39 is 12.7 Å². The number of fused-ring (bicyclic) bond motifs is 1. The molecule has 0 atom stereocenters. The third-order valence-corrected chi connectivity index (χ3v) is 3.96. The van der Waals surface area contributed by atoms with Crippen molar-refractivity contribution in [2.75, 3.05) is 36.0 Å². The molecule has 1 aliphatic rings. The maximum Gasteiger partial charge on any atom is 0.405 e. The first-order chi connectivity index (χ1) is 11.4. The van der Waals surface area contributed by atoms with Gasteiger partial charge in [-0.2, -0.15) is 13.2 Å².